The summed E-state index contributed by atoms with van der Waals surface area (Å²) in [4.78, 5) is 0. The summed E-state index contributed by atoms with van der Waals surface area (Å²) in [6, 6.07) is 7.67. The molecule has 0 aliphatic carbocycles. The number of hydrogen-bond acceptors (Lipinski definition) is 1. The van der Waals surface area contributed by atoms with Crippen LogP contribution in [0, 0.1) is 0 Å². The highest BCUT2D eigenvalue weighted by atomic mass is 19.3. The van der Waals surface area contributed by atoms with E-state index in [-0.39, 0.29) is 11.1 Å². The van der Waals surface area contributed by atoms with Crippen molar-refractivity contribution in [2.24, 2.45) is 0 Å². The SMILES string of the molecule is FC(F)(c1ccccc1)c1cn[nH]c1. The van der Waals surface area contributed by atoms with Crippen LogP contribution in [0.1, 0.15) is 11.1 Å². The average molecular weight is 194 g/mol. The lowest BCUT2D eigenvalue weighted by atomic mass is 10.0. The Morgan fingerprint density at radius 1 is 1.07 bits per heavy atom. The molecular weight excluding hydrogens is 186 g/mol. The topological polar surface area (TPSA) is 28.7 Å². The first-order valence-electron chi connectivity index (χ1n) is 4.14. The molecule has 2 aromatic rings. The van der Waals surface area contributed by atoms with Crippen LogP contribution in [0.2, 0.25) is 0 Å². The molecule has 2 nitrogen and oxygen atoms in total. The molecule has 0 unspecified atom stereocenters. The van der Waals surface area contributed by atoms with Gasteiger partial charge in [-0.05, 0) is 0 Å². The molecule has 1 aromatic carbocycles. The van der Waals surface area contributed by atoms with Crippen LogP contribution >= 0.6 is 0 Å². The zero-order chi connectivity index (χ0) is 10.0. The van der Waals surface area contributed by atoms with Crippen LogP contribution in [0.25, 0.3) is 0 Å². The van der Waals surface area contributed by atoms with E-state index < -0.39 is 5.92 Å². The summed E-state index contributed by atoms with van der Waals surface area (Å²) in [7, 11) is 0. The normalized spacial score (nSPS) is 11.6. The second kappa shape index (κ2) is 3.21. The van der Waals surface area contributed by atoms with Gasteiger partial charge in [-0.1, -0.05) is 30.3 Å². The van der Waals surface area contributed by atoms with Crippen LogP contribution in [-0.4, -0.2) is 10.2 Å². The van der Waals surface area contributed by atoms with E-state index in [1.54, 1.807) is 18.2 Å². The quantitative estimate of drug-likeness (QED) is 0.781. The monoisotopic (exact) mass is 194 g/mol. The largest absolute Gasteiger partial charge is 0.301 e. The summed E-state index contributed by atoms with van der Waals surface area (Å²) in [5.74, 6) is -2.98. The number of halogens is 2. The summed E-state index contributed by atoms with van der Waals surface area (Å²) in [6.45, 7) is 0. The Labute approximate surface area is 79.6 Å². The lowest BCUT2D eigenvalue weighted by Crippen LogP contribution is -2.13. The van der Waals surface area contributed by atoms with Crippen LogP contribution in [0.3, 0.4) is 0 Å². The summed E-state index contributed by atoms with van der Waals surface area (Å²) in [5, 5.41) is 5.88. The molecule has 0 saturated heterocycles. The Kier molecular flexibility index (Phi) is 2.04. The number of rotatable bonds is 2. The average Bonchev–Trinajstić information content (AvgIpc) is 2.72. The smallest absolute Gasteiger partial charge is 0.285 e. The maximum absolute atomic E-state index is 13.7. The highest BCUT2D eigenvalue weighted by molar-refractivity contribution is 5.30. The van der Waals surface area contributed by atoms with Crippen molar-refractivity contribution in [1.82, 2.24) is 10.2 Å². The van der Waals surface area contributed by atoms with Crippen LogP contribution < -0.4 is 0 Å². The van der Waals surface area contributed by atoms with Crippen molar-refractivity contribution in [3.8, 4) is 0 Å². The van der Waals surface area contributed by atoms with E-state index in [1.165, 1.54) is 18.3 Å². The minimum absolute atomic E-state index is 0.0265. The fourth-order valence-electron chi connectivity index (χ4n) is 1.24. The van der Waals surface area contributed by atoms with Gasteiger partial charge in [-0.3, -0.25) is 5.10 Å². The number of hydrogen-bond donors (Lipinski definition) is 1. The van der Waals surface area contributed by atoms with E-state index in [0.717, 1.165) is 6.20 Å². The molecule has 0 spiro atoms. The predicted octanol–water partition coefficient (Wildman–Crippen LogP) is 2.55. The van der Waals surface area contributed by atoms with Gasteiger partial charge in [-0.15, -0.1) is 0 Å². The van der Waals surface area contributed by atoms with Crippen molar-refractivity contribution in [1.29, 1.82) is 0 Å². The van der Waals surface area contributed by atoms with Gasteiger partial charge < -0.3 is 0 Å². The highest BCUT2D eigenvalue weighted by Gasteiger charge is 2.34. The predicted molar refractivity (Wildman–Crippen MR) is 48.0 cm³/mol. The molecule has 0 atom stereocenters. The molecule has 0 fully saturated rings. The third-order valence-electron chi connectivity index (χ3n) is 2.00. The Hall–Kier alpha value is -1.71. The molecule has 0 radical (unpaired) electrons. The van der Waals surface area contributed by atoms with Gasteiger partial charge in [0, 0.05) is 11.8 Å². The second-order valence-corrected chi connectivity index (χ2v) is 2.93. The first kappa shape index (κ1) is 8.87. The van der Waals surface area contributed by atoms with Gasteiger partial charge in [-0.25, -0.2) is 0 Å². The second-order valence-electron chi connectivity index (χ2n) is 2.93. The standard InChI is InChI=1S/C10H8F2N2/c11-10(12,9-6-13-14-7-9)8-4-2-1-3-5-8/h1-7H,(H,13,14). The fraction of sp³-hybridized carbons (Fsp3) is 0.100. The van der Waals surface area contributed by atoms with Crippen molar-refractivity contribution in [2.45, 2.75) is 5.92 Å². The van der Waals surface area contributed by atoms with E-state index >= 15 is 0 Å². The highest BCUT2D eigenvalue weighted by Crippen LogP contribution is 2.34. The fourth-order valence-corrected chi connectivity index (χ4v) is 1.24. The van der Waals surface area contributed by atoms with Crippen molar-refractivity contribution in [3.63, 3.8) is 0 Å². The lowest BCUT2D eigenvalue weighted by molar-refractivity contribution is 0.0429. The third-order valence-corrected chi connectivity index (χ3v) is 2.00. The molecule has 14 heavy (non-hydrogen) atoms. The third kappa shape index (κ3) is 1.39. The van der Waals surface area contributed by atoms with Crippen molar-refractivity contribution < 1.29 is 8.78 Å². The van der Waals surface area contributed by atoms with Gasteiger partial charge in [0.1, 0.15) is 0 Å². The lowest BCUT2D eigenvalue weighted by Gasteiger charge is -2.14. The first-order valence-corrected chi connectivity index (χ1v) is 4.14. The number of nitrogens with zero attached hydrogens (tertiary/aromatic N) is 1. The molecular formula is C10H8F2N2. The van der Waals surface area contributed by atoms with Gasteiger partial charge in [0.2, 0.25) is 0 Å². The molecule has 2 rings (SSSR count). The Morgan fingerprint density at radius 3 is 2.36 bits per heavy atom. The maximum Gasteiger partial charge on any atom is 0.301 e. The van der Waals surface area contributed by atoms with E-state index in [0.29, 0.717) is 0 Å². The Bertz CT molecular complexity index is 395. The molecule has 0 aliphatic heterocycles. The van der Waals surface area contributed by atoms with Crippen molar-refractivity contribution in [3.05, 3.63) is 53.9 Å². The molecule has 0 saturated carbocycles. The van der Waals surface area contributed by atoms with E-state index in [2.05, 4.69) is 10.2 Å². The van der Waals surface area contributed by atoms with E-state index in [1.807, 2.05) is 0 Å². The van der Waals surface area contributed by atoms with Gasteiger partial charge >= 0.3 is 5.92 Å². The number of H-pyrrole nitrogens is 1. The maximum atomic E-state index is 13.7. The van der Waals surface area contributed by atoms with Gasteiger partial charge in [0.05, 0.1) is 11.8 Å². The Balaban J connectivity index is 2.43. The summed E-state index contributed by atoms with van der Waals surface area (Å²) >= 11 is 0. The molecule has 0 bridgehead atoms. The van der Waals surface area contributed by atoms with E-state index in [9.17, 15) is 8.78 Å². The molecule has 0 amide bonds. The number of alkyl halides is 2. The van der Waals surface area contributed by atoms with Crippen LogP contribution in [-0.2, 0) is 5.92 Å². The van der Waals surface area contributed by atoms with Crippen LogP contribution in [0.5, 0.6) is 0 Å². The Morgan fingerprint density at radius 2 is 1.79 bits per heavy atom. The van der Waals surface area contributed by atoms with E-state index in [4.69, 9.17) is 0 Å². The number of aromatic nitrogens is 2. The van der Waals surface area contributed by atoms with Gasteiger partial charge in [0.25, 0.3) is 0 Å². The summed E-state index contributed by atoms with van der Waals surface area (Å²) in [5.41, 5.74) is -0.148. The van der Waals surface area contributed by atoms with Gasteiger partial charge in [0.15, 0.2) is 0 Å². The molecule has 0 aliphatic rings. The number of nitrogens with one attached hydrogen (secondary N) is 1. The first-order chi connectivity index (χ1) is 6.71. The van der Waals surface area contributed by atoms with Crippen LogP contribution in [0.15, 0.2) is 42.7 Å². The molecule has 1 N–H and O–H groups in total. The zero-order valence-corrected chi connectivity index (χ0v) is 7.24. The molecule has 1 aromatic heterocycles. The van der Waals surface area contributed by atoms with Crippen LogP contribution in [0.4, 0.5) is 8.78 Å². The summed E-state index contributed by atoms with van der Waals surface area (Å²) < 4.78 is 27.3. The molecule has 4 heteroatoms. The van der Waals surface area contributed by atoms with Gasteiger partial charge in [-0.2, -0.15) is 13.9 Å². The number of aromatic amines is 1. The van der Waals surface area contributed by atoms with Crippen molar-refractivity contribution >= 4 is 0 Å². The van der Waals surface area contributed by atoms with Crippen molar-refractivity contribution in [2.75, 3.05) is 0 Å². The molecule has 1 heterocycles. The number of benzene rings is 1. The zero-order valence-electron chi connectivity index (χ0n) is 7.24. The minimum atomic E-state index is -2.98. The molecule has 72 valence electrons. The summed E-state index contributed by atoms with van der Waals surface area (Å²) in [6.07, 6.45) is 2.33. The minimum Gasteiger partial charge on any atom is -0.285 e.